The van der Waals surface area contributed by atoms with E-state index in [-0.39, 0.29) is 12.5 Å². The largest absolute Gasteiger partial charge is 0.493 e. The van der Waals surface area contributed by atoms with E-state index >= 15 is 0 Å². The van der Waals surface area contributed by atoms with Gasteiger partial charge in [0.2, 0.25) is 0 Å². The minimum atomic E-state index is -0.209. The lowest BCUT2D eigenvalue weighted by Gasteiger charge is -2.16. The number of rotatable bonds is 11. The van der Waals surface area contributed by atoms with E-state index < -0.39 is 0 Å². The smallest absolute Gasteiger partial charge is 0.262 e. The third-order valence-electron chi connectivity index (χ3n) is 4.24. The normalized spacial score (nSPS) is 10.8. The molecule has 152 valence electrons. The van der Waals surface area contributed by atoms with Gasteiger partial charge in [0.25, 0.3) is 5.91 Å². The summed E-state index contributed by atoms with van der Waals surface area (Å²) in [5.74, 6) is 1.01. The van der Waals surface area contributed by atoms with Crippen LogP contribution >= 0.6 is 0 Å². The molecule has 2 aromatic rings. The number of carbonyl (C=O) groups is 1. The second-order valence-corrected chi connectivity index (χ2v) is 6.99. The molecule has 6 nitrogen and oxygen atoms in total. The van der Waals surface area contributed by atoms with Gasteiger partial charge in [-0.2, -0.15) is 0 Å². The Morgan fingerprint density at radius 3 is 2.54 bits per heavy atom. The van der Waals surface area contributed by atoms with E-state index in [0.717, 1.165) is 36.3 Å². The van der Waals surface area contributed by atoms with Crippen molar-refractivity contribution in [1.29, 1.82) is 0 Å². The number of benzene rings is 2. The van der Waals surface area contributed by atoms with Crippen LogP contribution in [0, 0.1) is 6.92 Å². The zero-order valence-corrected chi connectivity index (χ0v) is 17.2. The molecule has 0 aliphatic heterocycles. The number of methoxy groups -OCH3 is 1. The summed E-state index contributed by atoms with van der Waals surface area (Å²) in [5.41, 5.74) is 2.86. The summed E-state index contributed by atoms with van der Waals surface area (Å²) >= 11 is 0. The van der Waals surface area contributed by atoms with E-state index in [4.69, 9.17) is 9.47 Å². The molecule has 0 radical (unpaired) electrons. The maximum absolute atomic E-state index is 12.2. The molecule has 0 atom stereocenters. The van der Waals surface area contributed by atoms with Crippen molar-refractivity contribution in [2.45, 2.75) is 19.9 Å². The number of hydrogen-bond acceptors (Lipinski definition) is 5. The van der Waals surface area contributed by atoms with E-state index in [2.05, 4.69) is 29.6 Å². The molecule has 28 heavy (non-hydrogen) atoms. The summed E-state index contributed by atoms with van der Waals surface area (Å²) in [7, 11) is 5.73. The van der Waals surface area contributed by atoms with Crippen LogP contribution < -0.4 is 20.1 Å². The number of carbonyl (C=O) groups excluding carboxylic acids is 1. The van der Waals surface area contributed by atoms with Crippen LogP contribution in [-0.4, -0.2) is 51.7 Å². The third-order valence-corrected chi connectivity index (χ3v) is 4.24. The number of hydrogen-bond donors (Lipinski definition) is 2. The molecule has 0 bridgehead atoms. The predicted molar refractivity (Wildman–Crippen MR) is 113 cm³/mol. The van der Waals surface area contributed by atoms with Crippen molar-refractivity contribution >= 4 is 11.6 Å². The van der Waals surface area contributed by atoms with Crippen molar-refractivity contribution in [2.75, 3.05) is 46.2 Å². The number of amides is 1. The van der Waals surface area contributed by atoms with Crippen LogP contribution in [0.25, 0.3) is 0 Å². The molecule has 1 amide bonds. The van der Waals surface area contributed by atoms with E-state index in [1.54, 1.807) is 7.11 Å². The number of nitrogens with zero attached hydrogens (tertiary/aromatic N) is 1. The van der Waals surface area contributed by atoms with Crippen molar-refractivity contribution in [3.8, 4) is 11.5 Å². The zero-order valence-electron chi connectivity index (χ0n) is 17.2. The first-order valence-corrected chi connectivity index (χ1v) is 9.50. The number of ether oxygens (including phenoxy) is 2. The summed E-state index contributed by atoms with van der Waals surface area (Å²) in [6.07, 6.45) is 1.06. The topological polar surface area (TPSA) is 62.8 Å². The molecule has 0 spiro atoms. The molecule has 0 saturated heterocycles. The predicted octanol–water partition coefficient (Wildman–Crippen LogP) is 3.06. The highest BCUT2D eigenvalue weighted by Crippen LogP contribution is 2.31. The average molecular weight is 386 g/mol. The Balaban J connectivity index is 1.92. The van der Waals surface area contributed by atoms with Crippen molar-refractivity contribution < 1.29 is 14.3 Å². The molecule has 0 unspecified atom stereocenters. The molecule has 0 aromatic heterocycles. The molecule has 0 saturated carbocycles. The molecule has 2 aromatic carbocycles. The second-order valence-electron chi connectivity index (χ2n) is 6.99. The first-order chi connectivity index (χ1) is 13.5. The highest BCUT2D eigenvalue weighted by atomic mass is 16.5. The van der Waals surface area contributed by atoms with Gasteiger partial charge in [-0.1, -0.05) is 29.8 Å². The Morgan fingerprint density at radius 1 is 1.11 bits per heavy atom. The fraction of sp³-hybridized carbons (Fsp3) is 0.409. The van der Waals surface area contributed by atoms with Gasteiger partial charge in [-0.3, -0.25) is 4.79 Å². The van der Waals surface area contributed by atoms with E-state index in [1.807, 2.05) is 49.4 Å². The van der Waals surface area contributed by atoms with E-state index in [9.17, 15) is 4.79 Å². The molecule has 0 aliphatic carbocycles. The second kappa shape index (κ2) is 11.3. The average Bonchev–Trinajstić information content (AvgIpc) is 2.68. The lowest BCUT2D eigenvalue weighted by Crippen LogP contribution is -2.23. The fourth-order valence-electron chi connectivity index (χ4n) is 2.74. The lowest BCUT2D eigenvalue weighted by molar-refractivity contribution is -0.118. The maximum Gasteiger partial charge on any atom is 0.262 e. The van der Waals surface area contributed by atoms with Gasteiger partial charge in [0.1, 0.15) is 0 Å². The fourth-order valence-corrected chi connectivity index (χ4v) is 2.74. The van der Waals surface area contributed by atoms with Gasteiger partial charge < -0.3 is 25.0 Å². The zero-order chi connectivity index (χ0) is 20.4. The SMILES string of the molecule is COc1cccc(CNCCCN(C)C)c1OCC(=O)Nc1ccc(C)cc1. The molecule has 0 fully saturated rings. The van der Waals surface area contributed by atoms with Crippen molar-refractivity contribution in [1.82, 2.24) is 10.2 Å². The summed E-state index contributed by atoms with van der Waals surface area (Å²) < 4.78 is 11.2. The van der Waals surface area contributed by atoms with Gasteiger partial charge >= 0.3 is 0 Å². The van der Waals surface area contributed by atoms with E-state index in [0.29, 0.717) is 18.0 Å². The number of nitrogens with one attached hydrogen (secondary N) is 2. The molecule has 2 N–H and O–H groups in total. The number of para-hydroxylation sites is 1. The third kappa shape index (κ3) is 7.21. The first-order valence-electron chi connectivity index (χ1n) is 9.50. The van der Waals surface area contributed by atoms with Gasteiger partial charge in [0.15, 0.2) is 18.1 Å². The van der Waals surface area contributed by atoms with Gasteiger partial charge in [-0.05, 0) is 58.7 Å². The maximum atomic E-state index is 12.2. The lowest BCUT2D eigenvalue weighted by atomic mass is 10.2. The van der Waals surface area contributed by atoms with Crippen LogP contribution in [0.1, 0.15) is 17.5 Å². The minimum absolute atomic E-state index is 0.0815. The molecule has 6 heteroatoms. The summed E-state index contributed by atoms with van der Waals surface area (Å²) in [4.78, 5) is 14.4. The van der Waals surface area contributed by atoms with Crippen LogP contribution in [0.3, 0.4) is 0 Å². The molecular formula is C22H31N3O3. The van der Waals surface area contributed by atoms with Gasteiger partial charge in [-0.15, -0.1) is 0 Å². The van der Waals surface area contributed by atoms with Crippen molar-refractivity contribution in [2.24, 2.45) is 0 Å². The molecule has 2 rings (SSSR count). The number of anilines is 1. The minimum Gasteiger partial charge on any atom is -0.493 e. The van der Waals surface area contributed by atoms with Gasteiger partial charge in [-0.25, -0.2) is 0 Å². The molecular weight excluding hydrogens is 354 g/mol. The van der Waals surface area contributed by atoms with E-state index in [1.165, 1.54) is 0 Å². The first kappa shape index (κ1) is 21.7. The van der Waals surface area contributed by atoms with Crippen LogP contribution in [0.4, 0.5) is 5.69 Å². The van der Waals surface area contributed by atoms with Gasteiger partial charge in [0, 0.05) is 17.8 Å². The Morgan fingerprint density at radius 2 is 1.86 bits per heavy atom. The summed E-state index contributed by atoms with van der Waals surface area (Å²) in [5, 5.41) is 6.26. The Kier molecular flexibility index (Phi) is 8.78. The quantitative estimate of drug-likeness (QED) is 0.582. The summed E-state index contributed by atoms with van der Waals surface area (Å²) in [6, 6.07) is 13.4. The van der Waals surface area contributed by atoms with Crippen LogP contribution in [-0.2, 0) is 11.3 Å². The highest BCUT2D eigenvalue weighted by molar-refractivity contribution is 5.91. The monoisotopic (exact) mass is 385 g/mol. The van der Waals surface area contributed by atoms with Gasteiger partial charge in [0.05, 0.1) is 7.11 Å². The molecule has 0 aliphatic rings. The van der Waals surface area contributed by atoms with Crippen LogP contribution in [0.5, 0.6) is 11.5 Å². The summed E-state index contributed by atoms with van der Waals surface area (Å²) in [6.45, 7) is 4.52. The standard InChI is InChI=1S/C22H31N3O3/c1-17-9-11-19(12-10-17)24-21(26)16-28-22-18(7-5-8-20(22)27-4)15-23-13-6-14-25(2)3/h5,7-12,23H,6,13-16H2,1-4H3,(H,24,26). The Bertz CT molecular complexity index is 745. The van der Waals surface area contributed by atoms with Crippen LogP contribution in [0.2, 0.25) is 0 Å². The Hall–Kier alpha value is -2.57. The number of aryl methyl sites for hydroxylation is 1. The van der Waals surface area contributed by atoms with Crippen molar-refractivity contribution in [3.05, 3.63) is 53.6 Å². The van der Waals surface area contributed by atoms with Crippen LogP contribution in [0.15, 0.2) is 42.5 Å². The Labute approximate surface area is 167 Å². The highest BCUT2D eigenvalue weighted by Gasteiger charge is 2.13. The molecule has 0 heterocycles. The van der Waals surface area contributed by atoms with Crippen molar-refractivity contribution in [3.63, 3.8) is 0 Å².